The summed E-state index contributed by atoms with van der Waals surface area (Å²) in [5.41, 5.74) is 1.29. The summed E-state index contributed by atoms with van der Waals surface area (Å²) in [5.74, 6) is -0.958. The normalized spacial score (nSPS) is 18.4. The van der Waals surface area contributed by atoms with Gasteiger partial charge in [0.05, 0.1) is 6.42 Å². The van der Waals surface area contributed by atoms with Gasteiger partial charge >= 0.3 is 18.2 Å². The van der Waals surface area contributed by atoms with Crippen molar-refractivity contribution in [2.75, 3.05) is 7.05 Å². The Morgan fingerprint density at radius 3 is 2.24 bits per heavy atom. The number of urea groups is 1. The number of hydrogen-bond acceptors (Lipinski definition) is 2. The van der Waals surface area contributed by atoms with Gasteiger partial charge in [0, 0.05) is 36.3 Å². The molecule has 0 saturated heterocycles. The van der Waals surface area contributed by atoms with Crippen LogP contribution in [0.25, 0.3) is 5.57 Å². The van der Waals surface area contributed by atoms with Crippen molar-refractivity contribution in [1.82, 2.24) is 10.2 Å². The molecular weight excluding hydrogens is 492 g/mol. The van der Waals surface area contributed by atoms with E-state index in [0.29, 0.717) is 11.1 Å². The molecule has 0 heterocycles. The molecule has 1 unspecified atom stereocenters. The van der Waals surface area contributed by atoms with E-state index in [1.807, 2.05) is 0 Å². The largest absolute Gasteiger partial charge is 0.481 e. The van der Waals surface area contributed by atoms with Gasteiger partial charge in [-0.05, 0) is 22.8 Å². The van der Waals surface area contributed by atoms with E-state index in [0.717, 1.165) is 4.90 Å². The van der Waals surface area contributed by atoms with Crippen molar-refractivity contribution in [2.45, 2.75) is 30.4 Å². The van der Waals surface area contributed by atoms with E-state index in [4.69, 9.17) is 28.3 Å². The third kappa shape index (κ3) is 5.56. The molecule has 5 nitrogen and oxygen atoms in total. The molecule has 0 aliphatic heterocycles. The van der Waals surface area contributed by atoms with E-state index in [9.17, 15) is 22.8 Å². The standard InChI is InChI=1S/C24H21Cl2F3N2O3/c1-31(22(34)30-14-16-9-7-15(8-10-16)11-20(32)33)18-12-19(25)21(17-5-3-2-4-6-17)23(26,13-18)24(27,28)29/h2-10,12H,11,13-14H2,1H3,(H,30,34)(H,32,33). The van der Waals surface area contributed by atoms with Crippen LogP contribution >= 0.6 is 23.2 Å². The van der Waals surface area contributed by atoms with Crippen molar-refractivity contribution in [1.29, 1.82) is 0 Å². The quantitative estimate of drug-likeness (QED) is 0.471. The Balaban J connectivity index is 1.80. The summed E-state index contributed by atoms with van der Waals surface area (Å²) in [6.45, 7) is 0.0912. The first-order valence-electron chi connectivity index (χ1n) is 10.2. The van der Waals surface area contributed by atoms with Crippen molar-refractivity contribution in [3.05, 3.63) is 88.1 Å². The predicted octanol–water partition coefficient (Wildman–Crippen LogP) is 5.93. The molecule has 10 heteroatoms. The van der Waals surface area contributed by atoms with Gasteiger partial charge in [-0.15, -0.1) is 11.6 Å². The Morgan fingerprint density at radius 1 is 1.09 bits per heavy atom. The van der Waals surface area contributed by atoms with Crippen molar-refractivity contribution in [3.63, 3.8) is 0 Å². The Labute approximate surface area is 204 Å². The van der Waals surface area contributed by atoms with Crippen LogP contribution < -0.4 is 5.32 Å². The summed E-state index contributed by atoms with van der Waals surface area (Å²) in [6, 6.07) is 13.8. The highest BCUT2D eigenvalue weighted by molar-refractivity contribution is 6.40. The number of aliphatic carboxylic acids is 1. The van der Waals surface area contributed by atoms with Crippen LogP contribution in [0.3, 0.4) is 0 Å². The summed E-state index contributed by atoms with van der Waals surface area (Å²) in [6.07, 6.45) is -4.33. The SMILES string of the molecule is CN(C(=O)NCc1ccc(CC(=O)O)cc1)C1=CC(Cl)=C(c2ccccc2)C(Cl)(C(F)(F)F)C1. The zero-order valence-corrected chi connectivity index (χ0v) is 19.5. The zero-order chi connectivity index (χ0) is 25.1. The van der Waals surface area contributed by atoms with Gasteiger partial charge < -0.3 is 15.3 Å². The number of amides is 2. The smallest absolute Gasteiger partial charge is 0.412 e. The van der Waals surface area contributed by atoms with Crippen LogP contribution in [-0.2, 0) is 17.8 Å². The van der Waals surface area contributed by atoms with Crippen LogP contribution in [0.2, 0.25) is 0 Å². The molecule has 1 aliphatic carbocycles. The van der Waals surface area contributed by atoms with Crippen molar-refractivity contribution in [2.24, 2.45) is 0 Å². The summed E-state index contributed by atoms with van der Waals surface area (Å²) >= 11 is 12.5. The van der Waals surface area contributed by atoms with Crippen LogP contribution in [0.1, 0.15) is 23.1 Å². The zero-order valence-electron chi connectivity index (χ0n) is 18.0. The molecule has 2 N–H and O–H groups in total. The average molecular weight is 513 g/mol. The molecule has 180 valence electrons. The average Bonchev–Trinajstić information content (AvgIpc) is 2.77. The molecule has 3 rings (SSSR count). The molecule has 0 aromatic heterocycles. The number of benzene rings is 2. The number of hydrogen-bond donors (Lipinski definition) is 2. The minimum atomic E-state index is -4.84. The van der Waals surface area contributed by atoms with Gasteiger partial charge in [-0.1, -0.05) is 66.2 Å². The van der Waals surface area contributed by atoms with Crippen LogP contribution in [0, 0.1) is 0 Å². The minimum absolute atomic E-state index is 0.00584. The lowest BCUT2D eigenvalue weighted by molar-refractivity contribution is -0.148. The van der Waals surface area contributed by atoms with Crippen LogP contribution in [0.4, 0.5) is 18.0 Å². The molecule has 1 atom stereocenters. The molecule has 1 aliphatic rings. The molecule has 2 aromatic carbocycles. The second-order valence-electron chi connectivity index (χ2n) is 7.81. The lowest BCUT2D eigenvalue weighted by atomic mass is 9.83. The van der Waals surface area contributed by atoms with Gasteiger partial charge in [-0.3, -0.25) is 4.79 Å². The molecule has 0 spiro atoms. The molecule has 0 radical (unpaired) electrons. The van der Waals surface area contributed by atoms with Crippen molar-refractivity contribution >= 4 is 40.8 Å². The first kappa shape index (κ1) is 25.6. The number of carboxylic acids is 1. The molecule has 0 fully saturated rings. The summed E-state index contributed by atoms with van der Waals surface area (Å²) in [7, 11) is 1.34. The Morgan fingerprint density at radius 2 is 1.68 bits per heavy atom. The fraction of sp³-hybridized carbons (Fsp3) is 0.250. The van der Waals surface area contributed by atoms with Crippen LogP contribution in [0.15, 0.2) is 71.4 Å². The fourth-order valence-electron chi connectivity index (χ4n) is 3.60. The molecule has 0 saturated carbocycles. The summed E-state index contributed by atoms with van der Waals surface area (Å²) in [5, 5.41) is 11.2. The van der Waals surface area contributed by atoms with Gasteiger partial charge in [0.2, 0.25) is 0 Å². The maximum atomic E-state index is 14.1. The fourth-order valence-corrected chi connectivity index (χ4v) is 4.39. The molecular formula is C24H21Cl2F3N2O3. The highest BCUT2D eigenvalue weighted by Gasteiger charge is 2.59. The van der Waals surface area contributed by atoms with E-state index in [-0.39, 0.29) is 34.8 Å². The minimum Gasteiger partial charge on any atom is -0.481 e. The number of alkyl halides is 4. The second-order valence-corrected chi connectivity index (χ2v) is 8.86. The molecule has 2 aromatic rings. The van der Waals surface area contributed by atoms with E-state index < -0.39 is 29.5 Å². The Kier molecular flexibility index (Phi) is 7.63. The monoisotopic (exact) mass is 512 g/mol. The number of carbonyl (C=O) groups is 2. The van der Waals surface area contributed by atoms with Gasteiger partial charge in [-0.25, -0.2) is 4.79 Å². The number of halogens is 5. The topological polar surface area (TPSA) is 69.6 Å². The lowest BCUT2D eigenvalue weighted by Crippen LogP contribution is -2.46. The summed E-state index contributed by atoms with van der Waals surface area (Å²) in [4.78, 5) is 21.7. The molecule has 0 bridgehead atoms. The number of allylic oxidation sites excluding steroid dienone is 4. The number of nitrogens with one attached hydrogen (secondary N) is 1. The van der Waals surface area contributed by atoms with E-state index in [1.54, 1.807) is 42.5 Å². The second kappa shape index (κ2) is 10.1. The third-order valence-electron chi connectivity index (χ3n) is 5.42. The first-order valence-corrected chi connectivity index (χ1v) is 10.9. The number of rotatable bonds is 6. The number of nitrogens with zero attached hydrogens (tertiary/aromatic N) is 1. The van der Waals surface area contributed by atoms with Crippen molar-refractivity contribution < 1.29 is 27.9 Å². The number of carboxylic acid groups (broad SMARTS) is 1. The Bertz CT molecular complexity index is 1130. The highest BCUT2D eigenvalue weighted by atomic mass is 35.5. The van der Waals surface area contributed by atoms with Gasteiger partial charge in [0.25, 0.3) is 0 Å². The molecule has 2 amide bonds. The van der Waals surface area contributed by atoms with E-state index in [1.165, 1.54) is 25.3 Å². The Hall–Kier alpha value is -2.97. The van der Waals surface area contributed by atoms with Crippen LogP contribution in [-0.4, -0.2) is 40.1 Å². The summed E-state index contributed by atoms with van der Waals surface area (Å²) < 4.78 is 42.4. The van der Waals surface area contributed by atoms with Gasteiger partial charge in [0.15, 0.2) is 4.87 Å². The van der Waals surface area contributed by atoms with Gasteiger partial charge in [-0.2, -0.15) is 13.2 Å². The van der Waals surface area contributed by atoms with E-state index in [2.05, 4.69) is 5.32 Å². The highest BCUT2D eigenvalue weighted by Crippen LogP contribution is 2.54. The van der Waals surface area contributed by atoms with Crippen molar-refractivity contribution in [3.8, 4) is 0 Å². The number of carbonyl (C=O) groups excluding carboxylic acids is 1. The first-order chi connectivity index (χ1) is 15.9. The third-order valence-corrected chi connectivity index (χ3v) is 6.26. The lowest BCUT2D eigenvalue weighted by Gasteiger charge is -2.38. The molecule has 34 heavy (non-hydrogen) atoms. The van der Waals surface area contributed by atoms with Gasteiger partial charge in [0.1, 0.15) is 0 Å². The maximum Gasteiger partial charge on any atom is 0.412 e. The van der Waals surface area contributed by atoms with Crippen LogP contribution in [0.5, 0.6) is 0 Å². The predicted molar refractivity (Wildman–Crippen MR) is 124 cm³/mol. The maximum absolute atomic E-state index is 14.1. The van der Waals surface area contributed by atoms with E-state index >= 15 is 0 Å².